The van der Waals surface area contributed by atoms with Crippen molar-refractivity contribution in [3.8, 4) is 11.8 Å². The minimum absolute atomic E-state index is 0.969. The van der Waals surface area contributed by atoms with Crippen molar-refractivity contribution in [2.24, 2.45) is 0 Å². The molecular formula is C17H11N. The van der Waals surface area contributed by atoms with Gasteiger partial charge in [-0.05, 0) is 12.1 Å². The van der Waals surface area contributed by atoms with Crippen molar-refractivity contribution in [1.82, 2.24) is 4.98 Å². The second-order valence-corrected chi connectivity index (χ2v) is 4.02. The molecule has 0 amide bonds. The summed E-state index contributed by atoms with van der Waals surface area (Å²) in [5.41, 5.74) is 1.99. The topological polar surface area (TPSA) is 12.9 Å². The van der Waals surface area contributed by atoms with E-state index in [9.17, 15) is 0 Å². The fourth-order valence-electron chi connectivity index (χ4n) is 1.88. The SMILES string of the molecule is C(#Cc1cncc2ccccc12)c1ccccc1. The van der Waals surface area contributed by atoms with Gasteiger partial charge in [0.15, 0.2) is 0 Å². The highest BCUT2D eigenvalue weighted by Crippen LogP contribution is 2.15. The highest BCUT2D eigenvalue weighted by atomic mass is 14.6. The van der Waals surface area contributed by atoms with Crippen LogP contribution in [0.4, 0.5) is 0 Å². The smallest absolute Gasteiger partial charge is 0.0510 e. The van der Waals surface area contributed by atoms with Crippen molar-refractivity contribution in [1.29, 1.82) is 0 Å². The maximum absolute atomic E-state index is 4.22. The molecule has 3 rings (SSSR count). The van der Waals surface area contributed by atoms with Gasteiger partial charge in [-0.1, -0.05) is 54.3 Å². The first-order valence-corrected chi connectivity index (χ1v) is 5.83. The summed E-state index contributed by atoms with van der Waals surface area (Å²) in [6, 6.07) is 18.1. The van der Waals surface area contributed by atoms with Gasteiger partial charge >= 0.3 is 0 Å². The first-order chi connectivity index (χ1) is 8.93. The van der Waals surface area contributed by atoms with Gasteiger partial charge in [0.25, 0.3) is 0 Å². The van der Waals surface area contributed by atoms with Crippen LogP contribution in [0.25, 0.3) is 10.8 Å². The van der Waals surface area contributed by atoms with Crippen LogP contribution in [0.15, 0.2) is 67.0 Å². The second kappa shape index (κ2) is 4.73. The van der Waals surface area contributed by atoms with Gasteiger partial charge in [-0.2, -0.15) is 0 Å². The van der Waals surface area contributed by atoms with Crippen molar-refractivity contribution in [3.63, 3.8) is 0 Å². The Morgan fingerprint density at radius 2 is 1.50 bits per heavy atom. The summed E-state index contributed by atoms with van der Waals surface area (Å²) in [4.78, 5) is 4.22. The molecule has 1 aromatic heterocycles. The summed E-state index contributed by atoms with van der Waals surface area (Å²) in [7, 11) is 0. The molecular weight excluding hydrogens is 218 g/mol. The zero-order chi connectivity index (χ0) is 12.2. The number of hydrogen-bond donors (Lipinski definition) is 0. The minimum atomic E-state index is 0.969. The quantitative estimate of drug-likeness (QED) is 0.536. The van der Waals surface area contributed by atoms with E-state index in [2.05, 4.69) is 29.0 Å². The highest BCUT2D eigenvalue weighted by Gasteiger charge is 1.96. The van der Waals surface area contributed by atoms with Crippen molar-refractivity contribution in [3.05, 3.63) is 78.1 Å². The fourth-order valence-corrected chi connectivity index (χ4v) is 1.88. The van der Waals surface area contributed by atoms with E-state index in [1.54, 1.807) is 0 Å². The van der Waals surface area contributed by atoms with E-state index in [0.717, 1.165) is 21.9 Å². The summed E-state index contributed by atoms with van der Waals surface area (Å²) < 4.78 is 0. The molecule has 1 heterocycles. The van der Waals surface area contributed by atoms with Gasteiger partial charge < -0.3 is 0 Å². The molecule has 18 heavy (non-hydrogen) atoms. The average Bonchev–Trinajstić information content (AvgIpc) is 2.46. The number of hydrogen-bond acceptors (Lipinski definition) is 1. The number of aromatic nitrogens is 1. The summed E-state index contributed by atoms with van der Waals surface area (Å²) in [6.45, 7) is 0. The molecule has 2 aromatic carbocycles. The molecule has 0 N–H and O–H groups in total. The van der Waals surface area contributed by atoms with Crippen LogP contribution in [0.5, 0.6) is 0 Å². The monoisotopic (exact) mass is 229 g/mol. The number of fused-ring (bicyclic) bond motifs is 1. The number of pyridine rings is 1. The van der Waals surface area contributed by atoms with E-state index in [-0.39, 0.29) is 0 Å². The van der Waals surface area contributed by atoms with Crippen molar-refractivity contribution in [2.75, 3.05) is 0 Å². The molecule has 0 aliphatic heterocycles. The molecule has 0 spiro atoms. The Hall–Kier alpha value is -2.59. The Labute approximate surface area is 106 Å². The predicted octanol–water partition coefficient (Wildman–Crippen LogP) is 3.63. The third-order valence-corrected chi connectivity index (χ3v) is 2.78. The lowest BCUT2D eigenvalue weighted by atomic mass is 10.1. The average molecular weight is 229 g/mol. The van der Waals surface area contributed by atoms with Crippen LogP contribution in [0, 0.1) is 11.8 Å². The maximum atomic E-state index is 4.22. The van der Waals surface area contributed by atoms with E-state index in [0.29, 0.717) is 0 Å². The number of benzene rings is 2. The van der Waals surface area contributed by atoms with E-state index in [1.807, 2.05) is 54.9 Å². The molecule has 84 valence electrons. The van der Waals surface area contributed by atoms with Gasteiger partial charge in [0.1, 0.15) is 0 Å². The zero-order valence-electron chi connectivity index (χ0n) is 9.80. The Balaban J connectivity index is 2.09. The molecule has 1 heteroatoms. The maximum Gasteiger partial charge on any atom is 0.0510 e. The zero-order valence-corrected chi connectivity index (χ0v) is 9.80. The van der Waals surface area contributed by atoms with Crippen LogP contribution in [-0.4, -0.2) is 4.98 Å². The van der Waals surface area contributed by atoms with Crippen LogP contribution in [0.3, 0.4) is 0 Å². The van der Waals surface area contributed by atoms with Gasteiger partial charge in [0.05, 0.1) is 5.56 Å². The van der Waals surface area contributed by atoms with Gasteiger partial charge in [-0.3, -0.25) is 4.98 Å². The molecule has 0 saturated carbocycles. The molecule has 0 radical (unpaired) electrons. The van der Waals surface area contributed by atoms with Crippen LogP contribution in [0.2, 0.25) is 0 Å². The third kappa shape index (κ3) is 2.09. The van der Waals surface area contributed by atoms with E-state index in [1.165, 1.54) is 0 Å². The molecule has 0 fully saturated rings. The molecule has 0 aliphatic rings. The number of rotatable bonds is 0. The molecule has 0 bridgehead atoms. The second-order valence-electron chi connectivity index (χ2n) is 4.02. The lowest BCUT2D eigenvalue weighted by molar-refractivity contribution is 1.35. The van der Waals surface area contributed by atoms with Gasteiger partial charge in [-0.15, -0.1) is 0 Å². The van der Waals surface area contributed by atoms with E-state index in [4.69, 9.17) is 0 Å². The standard InChI is InChI=1S/C17H11N/c1-2-6-14(7-3-1)10-11-16-13-18-12-15-8-4-5-9-17(15)16/h1-9,12-13H. The Morgan fingerprint density at radius 1 is 0.722 bits per heavy atom. The lowest BCUT2D eigenvalue weighted by Crippen LogP contribution is -1.82. The third-order valence-electron chi connectivity index (χ3n) is 2.78. The molecule has 0 saturated heterocycles. The Bertz CT molecular complexity index is 728. The van der Waals surface area contributed by atoms with Crippen LogP contribution < -0.4 is 0 Å². The largest absolute Gasteiger partial charge is 0.263 e. The van der Waals surface area contributed by atoms with Crippen LogP contribution in [0.1, 0.15) is 11.1 Å². The predicted molar refractivity (Wildman–Crippen MR) is 74.2 cm³/mol. The van der Waals surface area contributed by atoms with Crippen molar-refractivity contribution < 1.29 is 0 Å². The Kier molecular flexibility index (Phi) is 2.77. The summed E-state index contributed by atoms with van der Waals surface area (Å²) in [5, 5.41) is 2.27. The summed E-state index contributed by atoms with van der Waals surface area (Å²) in [6.07, 6.45) is 3.68. The van der Waals surface area contributed by atoms with E-state index < -0.39 is 0 Å². The Morgan fingerprint density at radius 3 is 2.39 bits per heavy atom. The highest BCUT2D eigenvalue weighted by molar-refractivity contribution is 5.87. The molecule has 0 unspecified atom stereocenters. The first kappa shape index (κ1) is 10.6. The molecule has 0 aliphatic carbocycles. The lowest BCUT2D eigenvalue weighted by Gasteiger charge is -1.98. The fraction of sp³-hybridized carbons (Fsp3) is 0. The van der Waals surface area contributed by atoms with Crippen molar-refractivity contribution in [2.45, 2.75) is 0 Å². The molecule has 0 atom stereocenters. The molecule has 1 nitrogen and oxygen atoms in total. The van der Waals surface area contributed by atoms with E-state index >= 15 is 0 Å². The first-order valence-electron chi connectivity index (χ1n) is 5.83. The van der Waals surface area contributed by atoms with Gasteiger partial charge in [0, 0.05) is 28.7 Å². The van der Waals surface area contributed by atoms with Gasteiger partial charge in [0.2, 0.25) is 0 Å². The van der Waals surface area contributed by atoms with Gasteiger partial charge in [-0.25, -0.2) is 0 Å². The summed E-state index contributed by atoms with van der Waals surface area (Å²) in [5.74, 6) is 6.35. The van der Waals surface area contributed by atoms with Crippen LogP contribution in [-0.2, 0) is 0 Å². The number of nitrogens with zero attached hydrogens (tertiary/aromatic N) is 1. The molecule has 3 aromatic rings. The van der Waals surface area contributed by atoms with Crippen molar-refractivity contribution >= 4 is 10.8 Å². The normalized spacial score (nSPS) is 9.78. The van der Waals surface area contributed by atoms with Crippen LogP contribution >= 0.6 is 0 Å². The summed E-state index contributed by atoms with van der Waals surface area (Å²) >= 11 is 0. The minimum Gasteiger partial charge on any atom is -0.263 e.